The number of ether oxygens (including phenoxy) is 1. The van der Waals surface area contributed by atoms with E-state index in [4.69, 9.17) is 16.3 Å². The number of nitrogens with one attached hydrogen (secondary N) is 2. The minimum atomic E-state index is 0.519. The fourth-order valence-electron chi connectivity index (χ4n) is 1.37. The monoisotopic (exact) mass is 286 g/mol. The summed E-state index contributed by atoms with van der Waals surface area (Å²) >= 11 is 6.04. The summed E-state index contributed by atoms with van der Waals surface area (Å²) in [4.78, 5) is 8.44. The highest BCUT2D eigenvalue weighted by molar-refractivity contribution is 6.32. The molecule has 0 saturated heterocycles. The molecule has 6 heteroatoms. The second kappa shape index (κ2) is 8.93. The normalized spacial score (nSPS) is 10.8. The van der Waals surface area contributed by atoms with Crippen LogP contribution in [0, 0.1) is 5.92 Å². The van der Waals surface area contributed by atoms with Crippen LogP contribution in [0.1, 0.15) is 27.2 Å². The third-order valence-electron chi connectivity index (χ3n) is 2.27. The zero-order valence-corrected chi connectivity index (χ0v) is 12.6. The highest BCUT2D eigenvalue weighted by Crippen LogP contribution is 2.18. The molecule has 108 valence electrons. The molecule has 19 heavy (non-hydrogen) atoms. The zero-order valence-electron chi connectivity index (χ0n) is 11.9. The molecule has 0 spiro atoms. The molecule has 2 N–H and O–H groups in total. The first-order valence-electron chi connectivity index (χ1n) is 6.71. The van der Waals surface area contributed by atoms with Crippen LogP contribution in [0.15, 0.2) is 6.20 Å². The first kappa shape index (κ1) is 16.0. The Hall–Kier alpha value is -1.07. The van der Waals surface area contributed by atoms with Crippen LogP contribution in [0.3, 0.4) is 0 Å². The van der Waals surface area contributed by atoms with Gasteiger partial charge in [-0.25, -0.2) is 4.98 Å². The number of rotatable bonds is 9. The van der Waals surface area contributed by atoms with Crippen LogP contribution in [0.2, 0.25) is 5.02 Å². The van der Waals surface area contributed by atoms with Crippen molar-refractivity contribution in [2.75, 3.05) is 36.9 Å². The predicted molar refractivity (Wildman–Crippen MR) is 80.0 cm³/mol. The standard InChI is InChI=1S/C13H23ClN4O/c1-4-5-16-13-17-8-11(14)12(18-13)15-6-7-19-9-10(2)3/h8,10H,4-7,9H2,1-3H3,(H2,15,16,17,18). The van der Waals surface area contributed by atoms with E-state index >= 15 is 0 Å². The lowest BCUT2D eigenvalue weighted by Crippen LogP contribution is -2.14. The summed E-state index contributed by atoms with van der Waals surface area (Å²) in [6.07, 6.45) is 2.63. The van der Waals surface area contributed by atoms with E-state index in [0.29, 0.717) is 35.9 Å². The number of hydrogen-bond acceptors (Lipinski definition) is 5. The Bertz CT molecular complexity index is 374. The molecular formula is C13H23ClN4O. The Labute approximate surface area is 120 Å². The molecule has 0 amide bonds. The van der Waals surface area contributed by atoms with Crippen molar-refractivity contribution >= 4 is 23.4 Å². The molecule has 0 unspecified atom stereocenters. The first-order chi connectivity index (χ1) is 9.13. The molecule has 0 bridgehead atoms. The molecule has 1 aromatic rings. The minimum Gasteiger partial charge on any atom is -0.379 e. The van der Waals surface area contributed by atoms with Crippen LogP contribution >= 0.6 is 11.6 Å². The molecule has 0 aliphatic rings. The summed E-state index contributed by atoms with van der Waals surface area (Å²) in [6.45, 7) is 9.27. The summed E-state index contributed by atoms with van der Waals surface area (Å²) < 4.78 is 5.49. The molecule has 5 nitrogen and oxygen atoms in total. The van der Waals surface area contributed by atoms with Gasteiger partial charge in [-0.05, 0) is 12.3 Å². The average molecular weight is 287 g/mol. The van der Waals surface area contributed by atoms with Crippen LogP contribution in [-0.2, 0) is 4.74 Å². The van der Waals surface area contributed by atoms with Crippen molar-refractivity contribution in [2.45, 2.75) is 27.2 Å². The SMILES string of the molecule is CCCNc1ncc(Cl)c(NCCOCC(C)C)n1. The molecule has 0 saturated carbocycles. The highest BCUT2D eigenvalue weighted by atomic mass is 35.5. The van der Waals surface area contributed by atoms with E-state index in [0.717, 1.165) is 19.6 Å². The number of anilines is 2. The zero-order chi connectivity index (χ0) is 14.1. The summed E-state index contributed by atoms with van der Waals surface area (Å²) in [7, 11) is 0. The maximum absolute atomic E-state index is 6.04. The number of halogens is 1. The van der Waals surface area contributed by atoms with Gasteiger partial charge >= 0.3 is 0 Å². The second-order valence-electron chi connectivity index (χ2n) is 4.71. The quantitative estimate of drug-likeness (QED) is 0.683. The second-order valence-corrected chi connectivity index (χ2v) is 5.12. The van der Waals surface area contributed by atoms with Gasteiger partial charge in [0.2, 0.25) is 5.95 Å². The van der Waals surface area contributed by atoms with E-state index in [9.17, 15) is 0 Å². The Balaban J connectivity index is 2.39. The van der Waals surface area contributed by atoms with Gasteiger partial charge in [0.05, 0.1) is 12.8 Å². The lowest BCUT2D eigenvalue weighted by molar-refractivity contribution is 0.118. The third-order valence-corrected chi connectivity index (χ3v) is 2.54. The van der Waals surface area contributed by atoms with Crippen molar-refractivity contribution in [1.82, 2.24) is 9.97 Å². The van der Waals surface area contributed by atoms with Crippen LogP contribution < -0.4 is 10.6 Å². The van der Waals surface area contributed by atoms with Gasteiger partial charge in [0.15, 0.2) is 5.82 Å². The first-order valence-corrected chi connectivity index (χ1v) is 7.09. The van der Waals surface area contributed by atoms with Crippen molar-refractivity contribution in [1.29, 1.82) is 0 Å². The predicted octanol–water partition coefficient (Wildman–Crippen LogP) is 3.04. The molecule has 0 fully saturated rings. The van der Waals surface area contributed by atoms with Crippen molar-refractivity contribution in [3.8, 4) is 0 Å². The van der Waals surface area contributed by atoms with Crippen molar-refractivity contribution in [2.24, 2.45) is 5.92 Å². The van der Waals surface area contributed by atoms with Gasteiger partial charge in [0, 0.05) is 19.7 Å². The molecular weight excluding hydrogens is 264 g/mol. The van der Waals surface area contributed by atoms with E-state index in [1.807, 2.05) is 0 Å². The summed E-state index contributed by atoms with van der Waals surface area (Å²) in [6, 6.07) is 0. The van der Waals surface area contributed by atoms with Crippen LogP contribution in [0.4, 0.5) is 11.8 Å². The van der Waals surface area contributed by atoms with Gasteiger partial charge in [0.1, 0.15) is 5.02 Å². The van der Waals surface area contributed by atoms with Crippen molar-refractivity contribution < 1.29 is 4.74 Å². The van der Waals surface area contributed by atoms with E-state index in [1.165, 1.54) is 0 Å². The molecule has 0 atom stereocenters. The Kier molecular flexibility index (Phi) is 7.52. The van der Waals surface area contributed by atoms with Gasteiger partial charge in [0.25, 0.3) is 0 Å². The van der Waals surface area contributed by atoms with Crippen molar-refractivity contribution in [3.05, 3.63) is 11.2 Å². The maximum atomic E-state index is 6.04. The van der Waals surface area contributed by atoms with Crippen molar-refractivity contribution in [3.63, 3.8) is 0 Å². The Morgan fingerprint density at radius 1 is 1.32 bits per heavy atom. The topological polar surface area (TPSA) is 59.1 Å². The van der Waals surface area contributed by atoms with Gasteiger partial charge < -0.3 is 15.4 Å². The van der Waals surface area contributed by atoms with E-state index in [-0.39, 0.29) is 0 Å². The molecule has 1 rings (SSSR count). The highest BCUT2D eigenvalue weighted by Gasteiger charge is 2.04. The number of aromatic nitrogens is 2. The minimum absolute atomic E-state index is 0.519. The molecule has 1 heterocycles. The lowest BCUT2D eigenvalue weighted by atomic mass is 10.2. The summed E-state index contributed by atoms with van der Waals surface area (Å²) in [5.74, 6) is 1.78. The van der Waals surface area contributed by atoms with Gasteiger partial charge in [-0.2, -0.15) is 4.98 Å². The molecule has 0 radical (unpaired) electrons. The molecule has 0 aliphatic carbocycles. The Morgan fingerprint density at radius 3 is 2.79 bits per heavy atom. The molecule has 0 aromatic carbocycles. The smallest absolute Gasteiger partial charge is 0.224 e. The summed E-state index contributed by atoms with van der Waals surface area (Å²) in [5.41, 5.74) is 0. The van der Waals surface area contributed by atoms with E-state index in [2.05, 4.69) is 41.4 Å². The van der Waals surface area contributed by atoms with E-state index in [1.54, 1.807) is 6.20 Å². The lowest BCUT2D eigenvalue weighted by Gasteiger charge is -2.10. The van der Waals surface area contributed by atoms with E-state index < -0.39 is 0 Å². The van der Waals surface area contributed by atoms with Gasteiger partial charge in [-0.15, -0.1) is 0 Å². The Morgan fingerprint density at radius 2 is 2.11 bits per heavy atom. The molecule has 1 aromatic heterocycles. The van der Waals surface area contributed by atoms with Gasteiger partial charge in [-0.3, -0.25) is 0 Å². The van der Waals surface area contributed by atoms with Crippen LogP contribution in [0.5, 0.6) is 0 Å². The van der Waals surface area contributed by atoms with Gasteiger partial charge in [-0.1, -0.05) is 32.4 Å². The molecule has 0 aliphatic heterocycles. The number of nitrogens with zero attached hydrogens (tertiary/aromatic N) is 2. The average Bonchev–Trinajstić information content (AvgIpc) is 2.38. The fraction of sp³-hybridized carbons (Fsp3) is 0.692. The summed E-state index contributed by atoms with van der Waals surface area (Å²) in [5, 5.41) is 6.80. The largest absolute Gasteiger partial charge is 0.379 e. The van der Waals surface area contributed by atoms with Crippen LogP contribution in [-0.4, -0.2) is 36.3 Å². The third kappa shape index (κ3) is 6.59. The maximum Gasteiger partial charge on any atom is 0.224 e. The fourth-order valence-corrected chi connectivity index (χ4v) is 1.53. The van der Waals surface area contributed by atoms with Crippen LogP contribution in [0.25, 0.3) is 0 Å². The number of hydrogen-bond donors (Lipinski definition) is 2.